The third-order valence-corrected chi connectivity index (χ3v) is 2.95. The van der Waals surface area contributed by atoms with Gasteiger partial charge in [0.15, 0.2) is 23.7 Å². The molecule has 0 atom stereocenters. The van der Waals surface area contributed by atoms with Crippen LogP contribution < -0.4 is 0 Å². The predicted octanol–water partition coefficient (Wildman–Crippen LogP) is 3.03. The largest absolute Gasteiger partial charge is 0.298 e. The molecule has 0 fully saturated rings. The van der Waals surface area contributed by atoms with Crippen molar-refractivity contribution in [1.82, 2.24) is 14.8 Å². The lowest BCUT2D eigenvalue weighted by Gasteiger charge is -2.00. The molecule has 0 radical (unpaired) electrons. The van der Waals surface area contributed by atoms with E-state index in [1.807, 2.05) is 0 Å². The molecule has 0 saturated carbocycles. The van der Waals surface area contributed by atoms with Gasteiger partial charge in [-0.05, 0) is 30.3 Å². The van der Waals surface area contributed by atoms with Gasteiger partial charge < -0.3 is 0 Å². The van der Waals surface area contributed by atoms with Crippen LogP contribution in [0.25, 0.3) is 17.1 Å². The molecule has 4 nitrogen and oxygen atoms in total. The molecule has 1 aromatic carbocycles. The van der Waals surface area contributed by atoms with Crippen molar-refractivity contribution in [3.8, 4) is 17.1 Å². The Morgan fingerprint density at radius 1 is 1.10 bits per heavy atom. The highest BCUT2D eigenvalue weighted by molar-refractivity contribution is 5.85. The zero-order chi connectivity index (χ0) is 14.8. The van der Waals surface area contributed by atoms with Crippen LogP contribution in [0.1, 0.15) is 10.4 Å². The van der Waals surface area contributed by atoms with Crippen molar-refractivity contribution in [2.75, 3.05) is 0 Å². The Morgan fingerprint density at radius 2 is 1.95 bits per heavy atom. The molecule has 0 amide bonds. The van der Waals surface area contributed by atoms with E-state index in [0.29, 0.717) is 17.7 Å². The van der Waals surface area contributed by atoms with Crippen molar-refractivity contribution in [1.29, 1.82) is 0 Å². The van der Waals surface area contributed by atoms with Crippen LogP contribution in [-0.2, 0) is 0 Å². The second-order valence-corrected chi connectivity index (χ2v) is 4.31. The number of aldehydes is 1. The summed E-state index contributed by atoms with van der Waals surface area (Å²) in [6.07, 6.45) is 3.70. The average molecular weight is 285 g/mol. The number of aromatic nitrogens is 3. The van der Waals surface area contributed by atoms with Crippen LogP contribution in [0.4, 0.5) is 8.78 Å². The Bertz CT molecular complexity index is 800. The molecule has 2 heterocycles. The van der Waals surface area contributed by atoms with Crippen LogP contribution >= 0.6 is 0 Å². The molecule has 0 aliphatic carbocycles. The Labute approximate surface area is 118 Å². The third-order valence-electron chi connectivity index (χ3n) is 2.95. The first-order chi connectivity index (χ1) is 10.2. The third kappa shape index (κ3) is 2.43. The van der Waals surface area contributed by atoms with Crippen LogP contribution in [0.5, 0.6) is 0 Å². The van der Waals surface area contributed by atoms with Gasteiger partial charge in [0.2, 0.25) is 0 Å². The number of pyridine rings is 1. The summed E-state index contributed by atoms with van der Waals surface area (Å²) in [5.41, 5.74) is 0.867. The summed E-state index contributed by atoms with van der Waals surface area (Å²) in [6.45, 7) is 0. The van der Waals surface area contributed by atoms with Crippen LogP contribution in [0.3, 0.4) is 0 Å². The summed E-state index contributed by atoms with van der Waals surface area (Å²) in [5, 5.41) is 4.23. The van der Waals surface area contributed by atoms with E-state index >= 15 is 0 Å². The monoisotopic (exact) mass is 285 g/mol. The Morgan fingerprint density at radius 3 is 2.62 bits per heavy atom. The summed E-state index contributed by atoms with van der Waals surface area (Å²) in [7, 11) is 0. The second-order valence-electron chi connectivity index (χ2n) is 4.31. The first-order valence-corrected chi connectivity index (χ1v) is 6.10. The standard InChI is InChI=1S/C15H9F2N3O/c16-12-5-4-10(7-13(12)17)15-11(9-21)8-20(19-15)14-3-1-2-6-18-14/h1-9H. The molecular formula is C15H9F2N3O. The molecule has 2 aromatic heterocycles. The van der Waals surface area contributed by atoms with Gasteiger partial charge in [0, 0.05) is 18.0 Å². The van der Waals surface area contributed by atoms with Gasteiger partial charge in [-0.1, -0.05) is 6.07 Å². The molecule has 3 rings (SSSR count). The van der Waals surface area contributed by atoms with Gasteiger partial charge in [-0.2, -0.15) is 5.10 Å². The molecule has 0 N–H and O–H groups in total. The second kappa shape index (κ2) is 5.24. The number of hydrogen-bond donors (Lipinski definition) is 0. The number of carbonyl (C=O) groups excluding carboxylic acids is 1. The molecule has 3 aromatic rings. The number of benzene rings is 1. The maximum Gasteiger partial charge on any atom is 0.159 e. The summed E-state index contributed by atoms with van der Waals surface area (Å²) in [6, 6.07) is 8.63. The van der Waals surface area contributed by atoms with Gasteiger partial charge in [0.25, 0.3) is 0 Å². The van der Waals surface area contributed by atoms with Crippen LogP contribution in [0.2, 0.25) is 0 Å². The van der Waals surface area contributed by atoms with Crippen molar-refractivity contribution in [2.24, 2.45) is 0 Å². The zero-order valence-electron chi connectivity index (χ0n) is 10.7. The van der Waals surface area contributed by atoms with E-state index in [0.717, 1.165) is 12.1 Å². The summed E-state index contributed by atoms with van der Waals surface area (Å²) in [5.74, 6) is -1.42. The smallest absolute Gasteiger partial charge is 0.159 e. The van der Waals surface area contributed by atoms with Gasteiger partial charge in [-0.25, -0.2) is 18.4 Å². The highest BCUT2D eigenvalue weighted by Crippen LogP contribution is 2.23. The molecule has 21 heavy (non-hydrogen) atoms. The zero-order valence-corrected chi connectivity index (χ0v) is 10.7. The van der Waals surface area contributed by atoms with Crippen molar-refractivity contribution >= 4 is 6.29 Å². The number of nitrogens with zero attached hydrogens (tertiary/aromatic N) is 3. The van der Waals surface area contributed by atoms with Crippen molar-refractivity contribution in [3.63, 3.8) is 0 Å². The molecule has 0 bridgehead atoms. The first kappa shape index (κ1) is 13.1. The topological polar surface area (TPSA) is 47.8 Å². The minimum Gasteiger partial charge on any atom is -0.298 e. The fourth-order valence-corrected chi connectivity index (χ4v) is 1.95. The molecule has 0 saturated heterocycles. The van der Waals surface area contributed by atoms with E-state index in [-0.39, 0.29) is 11.3 Å². The maximum absolute atomic E-state index is 13.3. The van der Waals surface area contributed by atoms with E-state index in [1.54, 1.807) is 24.4 Å². The van der Waals surface area contributed by atoms with E-state index in [4.69, 9.17) is 0 Å². The normalized spacial score (nSPS) is 10.6. The molecule has 0 aliphatic heterocycles. The van der Waals surface area contributed by atoms with Crippen molar-refractivity contribution in [3.05, 3.63) is 66.0 Å². The molecule has 6 heteroatoms. The Hall–Kier alpha value is -2.89. The van der Waals surface area contributed by atoms with Gasteiger partial charge in [0.05, 0.1) is 5.56 Å². The molecule has 0 aliphatic rings. The molecule has 0 spiro atoms. The van der Waals surface area contributed by atoms with E-state index in [2.05, 4.69) is 10.1 Å². The minimum absolute atomic E-state index is 0.270. The summed E-state index contributed by atoms with van der Waals surface area (Å²) in [4.78, 5) is 15.3. The fraction of sp³-hybridized carbons (Fsp3) is 0. The maximum atomic E-state index is 13.3. The van der Waals surface area contributed by atoms with E-state index in [1.165, 1.54) is 16.9 Å². The van der Waals surface area contributed by atoms with Crippen LogP contribution in [0, 0.1) is 11.6 Å². The minimum atomic E-state index is -0.989. The SMILES string of the molecule is O=Cc1cn(-c2ccccn2)nc1-c1ccc(F)c(F)c1. The lowest BCUT2D eigenvalue weighted by Crippen LogP contribution is -1.97. The number of hydrogen-bond acceptors (Lipinski definition) is 3. The molecular weight excluding hydrogens is 276 g/mol. The van der Waals surface area contributed by atoms with E-state index in [9.17, 15) is 13.6 Å². The number of carbonyl (C=O) groups is 1. The Kier molecular flexibility index (Phi) is 3.27. The number of rotatable bonds is 3. The van der Waals surface area contributed by atoms with Gasteiger partial charge >= 0.3 is 0 Å². The molecule has 0 unspecified atom stereocenters. The average Bonchev–Trinajstić information content (AvgIpc) is 2.95. The summed E-state index contributed by atoms with van der Waals surface area (Å²) >= 11 is 0. The highest BCUT2D eigenvalue weighted by atomic mass is 19.2. The summed E-state index contributed by atoms with van der Waals surface area (Å²) < 4.78 is 27.7. The van der Waals surface area contributed by atoms with Gasteiger partial charge in [-0.15, -0.1) is 0 Å². The van der Waals surface area contributed by atoms with Crippen LogP contribution in [-0.4, -0.2) is 21.1 Å². The molecule has 104 valence electrons. The lowest BCUT2D eigenvalue weighted by molar-refractivity contribution is 0.112. The van der Waals surface area contributed by atoms with Crippen molar-refractivity contribution in [2.45, 2.75) is 0 Å². The van der Waals surface area contributed by atoms with E-state index < -0.39 is 11.6 Å². The Balaban J connectivity index is 2.12. The quantitative estimate of drug-likeness (QED) is 0.695. The van der Waals surface area contributed by atoms with Crippen molar-refractivity contribution < 1.29 is 13.6 Å². The first-order valence-electron chi connectivity index (χ1n) is 6.10. The van der Waals surface area contributed by atoms with Gasteiger partial charge in [0.1, 0.15) is 5.69 Å². The fourth-order valence-electron chi connectivity index (χ4n) is 1.95. The lowest BCUT2D eigenvalue weighted by atomic mass is 10.1. The predicted molar refractivity (Wildman–Crippen MR) is 72.1 cm³/mol. The van der Waals surface area contributed by atoms with Crippen LogP contribution in [0.15, 0.2) is 48.8 Å². The highest BCUT2D eigenvalue weighted by Gasteiger charge is 2.14. The van der Waals surface area contributed by atoms with Gasteiger partial charge in [-0.3, -0.25) is 4.79 Å². The number of halogens is 2.